The molecule has 0 aliphatic rings. The third kappa shape index (κ3) is 3.18. The van der Waals surface area contributed by atoms with E-state index in [1.165, 1.54) is 17.7 Å². The van der Waals surface area contributed by atoms with Crippen LogP contribution in [0.4, 0.5) is 5.69 Å². The summed E-state index contributed by atoms with van der Waals surface area (Å²) >= 11 is 6.43. The van der Waals surface area contributed by atoms with E-state index in [9.17, 15) is 4.79 Å². The van der Waals surface area contributed by atoms with E-state index in [0.29, 0.717) is 16.1 Å². The van der Waals surface area contributed by atoms with Crippen molar-refractivity contribution in [1.29, 1.82) is 0 Å². The lowest BCUT2D eigenvalue weighted by atomic mass is 10.3. The Labute approximate surface area is 107 Å². The number of nitrogens with one attached hydrogen (secondary N) is 2. The molecule has 17 heavy (non-hydrogen) atoms. The first-order chi connectivity index (χ1) is 8.15. The maximum atomic E-state index is 11.7. The number of anilines is 1. The van der Waals surface area contributed by atoms with Crippen molar-refractivity contribution in [3.63, 3.8) is 0 Å². The van der Waals surface area contributed by atoms with Crippen LogP contribution in [0, 0.1) is 10.9 Å². The number of hydrogen-bond acceptors (Lipinski definition) is 5. The number of carbonyl (C=O) groups is 1. The molecular formula is C10H10N4OS2. The Morgan fingerprint density at radius 2 is 2.24 bits per heavy atom. The van der Waals surface area contributed by atoms with Crippen molar-refractivity contribution in [2.45, 2.75) is 13.3 Å². The minimum absolute atomic E-state index is 0.104. The molecule has 0 atom stereocenters. The summed E-state index contributed by atoms with van der Waals surface area (Å²) < 4.78 is 0.688. The zero-order chi connectivity index (χ0) is 12.3. The molecular weight excluding hydrogens is 256 g/mol. The van der Waals surface area contributed by atoms with Gasteiger partial charge in [0.05, 0.1) is 24.5 Å². The summed E-state index contributed by atoms with van der Waals surface area (Å²) in [7, 11) is 0. The highest BCUT2D eigenvalue weighted by Crippen LogP contribution is 2.15. The first-order valence-electron chi connectivity index (χ1n) is 4.88. The van der Waals surface area contributed by atoms with Gasteiger partial charge in [0.1, 0.15) is 6.33 Å². The van der Waals surface area contributed by atoms with Gasteiger partial charge in [-0.1, -0.05) is 0 Å². The van der Waals surface area contributed by atoms with Crippen LogP contribution in [0.3, 0.4) is 0 Å². The molecule has 0 radical (unpaired) electrons. The maximum absolute atomic E-state index is 11.7. The number of aryl methyl sites for hydroxylation is 1. The van der Waals surface area contributed by atoms with E-state index < -0.39 is 0 Å². The predicted octanol–water partition coefficient (Wildman–Crippen LogP) is 2.09. The molecule has 2 heterocycles. The van der Waals surface area contributed by atoms with Gasteiger partial charge in [-0.2, -0.15) is 0 Å². The summed E-state index contributed by atoms with van der Waals surface area (Å²) in [6.45, 7) is 1.90. The second-order valence-corrected chi connectivity index (χ2v) is 5.19. The van der Waals surface area contributed by atoms with E-state index in [0.717, 1.165) is 10.6 Å². The fourth-order valence-corrected chi connectivity index (χ4v) is 2.61. The number of hydrogen-bond donors (Lipinski definition) is 2. The SMILES string of the molecule is Cc1[nH]c(=S)sc1CC(=O)Nc1cncnc1. The van der Waals surface area contributed by atoms with Gasteiger partial charge < -0.3 is 10.3 Å². The third-order valence-corrected chi connectivity index (χ3v) is 3.43. The van der Waals surface area contributed by atoms with Crippen LogP contribution in [0.25, 0.3) is 0 Å². The molecule has 2 aromatic rings. The van der Waals surface area contributed by atoms with Crippen molar-refractivity contribution in [2.24, 2.45) is 0 Å². The second kappa shape index (κ2) is 5.15. The van der Waals surface area contributed by atoms with Gasteiger partial charge in [-0.15, -0.1) is 11.3 Å². The molecule has 0 spiro atoms. The van der Waals surface area contributed by atoms with E-state index >= 15 is 0 Å². The highest BCUT2D eigenvalue weighted by molar-refractivity contribution is 7.73. The minimum Gasteiger partial charge on any atom is -0.341 e. The summed E-state index contributed by atoms with van der Waals surface area (Å²) in [4.78, 5) is 23.3. The zero-order valence-electron chi connectivity index (χ0n) is 9.06. The highest BCUT2D eigenvalue weighted by Gasteiger charge is 2.08. The van der Waals surface area contributed by atoms with Gasteiger partial charge in [0.2, 0.25) is 5.91 Å². The average Bonchev–Trinajstić information content (AvgIpc) is 2.58. The van der Waals surface area contributed by atoms with Crippen molar-refractivity contribution in [2.75, 3.05) is 5.32 Å². The molecule has 0 aromatic carbocycles. The molecule has 0 unspecified atom stereocenters. The first kappa shape index (κ1) is 11.9. The van der Waals surface area contributed by atoms with E-state index in [1.54, 1.807) is 12.4 Å². The second-order valence-electron chi connectivity index (χ2n) is 3.41. The summed E-state index contributed by atoms with van der Waals surface area (Å²) in [5.41, 5.74) is 1.54. The number of rotatable bonds is 3. The summed E-state index contributed by atoms with van der Waals surface area (Å²) in [6, 6.07) is 0. The topological polar surface area (TPSA) is 70.7 Å². The van der Waals surface area contributed by atoms with Gasteiger partial charge in [0.15, 0.2) is 3.95 Å². The molecule has 88 valence electrons. The Hall–Kier alpha value is -1.60. The molecule has 2 rings (SSSR count). The van der Waals surface area contributed by atoms with E-state index in [1.807, 2.05) is 6.92 Å². The fourth-order valence-electron chi connectivity index (χ4n) is 1.32. The van der Waals surface area contributed by atoms with Crippen LogP contribution in [0.5, 0.6) is 0 Å². The van der Waals surface area contributed by atoms with Crippen LogP contribution in [0.15, 0.2) is 18.7 Å². The molecule has 0 bridgehead atoms. The van der Waals surface area contributed by atoms with Crippen molar-refractivity contribution in [3.8, 4) is 0 Å². The Morgan fingerprint density at radius 1 is 1.53 bits per heavy atom. The largest absolute Gasteiger partial charge is 0.341 e. The number of aromatic amines is 1. The lowest BCUT2D eigenvalue weighted by Crippen LogP contribution is -2.14. The van der Waals surface area contributed by atoms with Crippen molar-refractivity contribution < 1.29 is 4.79 Å². The van der Waals surface area contributed by atoms with Gasteiger partial charge in [-0.3, -0.25) is 4.79 Å². The van der Waals surface area contributed by atoms with E-state index in [4.69, 9.17) is 12.2 Å². The molecule has 2 N–H and O–H groups in total. The molecule has 0 saturated carbocycles. The van der Waals surface area contributed by atoms with Crippen molar-refractivity contribution in [3.05, 3.63) is 33.2 Å². The molecule has 0 aliphatic carbocycles. The zero-order valence-corrected chi connectivity index (χ0v) is 10.7. The number of nitrogens with zero attached hydrogens (tertiary/aromatic N) is 2. The highest BCUT2D eigenvalue weighted by atomic mass is 32.1. The number of carbonyl (C=O) groups excluding carboxylic acids is 1. The Morgan fingerprint density at radius 3 is 2.82 bits per heavy atom. The van der Waals surface area contributed by atoms with Crippen LogP contribution < -0.4 is 5.32 Å². The van der Waals surface area contributed by atoms with Gasteiger partial charge in [0.25, 0.3) is 0 Å². The quantitative estimate of drug-likeness (QED) is 0.834. The summed E-state index contributed by atoms with van der Waals surface area (Å²) in [5, 5.41) is 2.72. The predicted molar refractivity (Wildman–Crippen MR) is 68.6 cm³/mol. The van der Waals surface area contributed by atoms with Crippen LogP contribution in [0.2, 0.25) is 0 Å². The molecule has 7 heteroatoms. The molecule has 0 aliphatic heterocycles. The van der Waals surface area contributed by atoms with Crippen molar-refractivity contribution in [1.82, 2.24) is 15.0 Å². The Kier molecular flexibility index (Phi) is 3.60. The van der Waals surface area contributed by atoms with E-state index in [-0.39, 0.29) is 5.91 Å². The average molecular weight is 266 g/mol. The molecule has 0 fully saturated rings. The normalized spacial score (nSPS) is 10.2. The van der Waals surface area contributed by atoms with Crippen LogP contribution in [-0.2, 0) is 11.2 Å². The summed E-state index contributed by atoms with van der Waals surface area (Å²) in [6.07, 6.45) is 4.82. The Bertz CT molecular complexity index is 575. The fraction of sp³-hybridized carbons (Fsp3) is 0.200. The molecule has 5 nitrogen and oxygen atoms in total. The third-order valence-electron chi connectivity index (χ3n) is 2.09. The van der Waals surface area contributed by atoms with Gasteiger partial charge in [-0.05, 0) is 19.1 Å². The van der Waals surface area contributed by atoms with E-state index in [2.05, 4.69) is 20.3 Å². The smallest absolute Gasteiger partial charge is 0.229 e. The lowest BCUT2D eigenvalue weighted by molar-refractivity contribution is -0.115. The summed E-state index contributed by atoms with van der Waals surface area (Å²) in [5.74, 6) is -0.104. The number of amides is 1. The van der Waals surface area contributed by atoms with Crippen LogP contribution in [-0.4, -0.2) is 20.9 Å². The van der Waals surface area contributed by atoms with Gasteiger partial charge >= 0.3 is 0 Å². The van der Waals surface area contributed by atoms with Crippen LogP contribution >= 0.6 is 23.6 Å². The monoisotopic (exact) mass is 266 g/mol. The lowest BCUT2D eigenvalue weighted by Gasteiger charge is -2.02. The van der Waals surface area contributed by atoms with Crippen molar-refractivity contribution >= 4 is 35.1 Å². The van der Waals surface area contributed by atoms with Crippen LogP contribution in [0.1, 0.15) is 10.6 Å². The Balaban J connectivity index is 2.03. The molecule has 0 saturated heterocycles. The number of aromatic nitrogens is 3. The first-order valence-corrected chi connectivity index (χ1v) is 6.11. The number of thiazole rings is 1. The van der Waals surface area contributed by atoms with Gasteiger partial charge in [-0.25, -0.2) is 9.97 Å². The number of H-pyrrole nitrogens is 1. The maximum Gasteiger partial charge on any atom is 0.229 e. The molecule has 1 amide bonds. The minimum atomic E-state index is -0.104. The standard InChI is InChI=1S/C10H10N4OS2/c1-6-8(17-10(16)13-6)2-9(15)14-7-3-11-5-12-4-7/h3-5H,2H2,1H3,(H,13,16)(H,14,15). The van der Waals surface area contributed by atoms with Gasteiger partial charge in [0, 0.05) is 10.6 Å². The molecule has 2 aromatic heterocycles.